The maximum absolute atomic E-state index is 13.5. The molecule has 0 bridgehead atoms. The number of nitrogens with one attached hydrogen (secondary N) is 2. The molecule has 1 amide bonds. The first-order valence-corrected chi connectivity index (χ1v) is 11.8. The first-order valence-electron chi connectivity index (χ1n) is 11.4. The molecule has 0 saturated carbocycles. The van der Waals surface area contributed by atoms with E-state index >= 15 is 0 Å². The number of amidine groups is 1. The van der Waals surface area contributed by atoms with Crippen molar-refractivity contribution in [1.29, 1.82) is 0 Å². The van der Waals surface area contributed by atoms with Gasteiger partial charge >= 0.3 is 0 Å². The Hall–Kier alpha value is -4.02. The Morgan fingerprint density at radius 3 is 2.47 bits per heavy atom. The quantitative estimate of drug-likeness (QED) is 0.568. The molecule has 5 rings (SSSR count). The van der Waals surface area contributed by atoms with Crippen molar-refractivity contribution in [1.82, 2.24) is 20.4 Å². The van der Waals surface area contributed by atoms with Crippen LogP contribution in [0, 0.1) is 0 Å². The minimum Gasteiger partial charge on any atom is -0.493 e. The Morgan fingerprint density at radius 1 is 1.06 bits per heavy atom. The predicted molar refractivity (Wildman–Crippen MR) is 139 cm³/mol. The SMILES string of the molecule is COc1ccc(C2=CN=C3C(=C(N4CCNCC4)N=C(N)N3C(=O)c3ccc(Cl)cc3)N2)cc1OC. The van der Waals surface area contributed by atoms with E-state index in [2.05, 4.69) is 25.5 Å². The van der Waals surface area contributed by atoms with Gasteiger partial charge in [-0.15, -0.1) is 0 Å². The molecule has 3 aliphatic rings. The highest BCUT2D eigenvalue weighted by Gasteiger charge is 2.36. The van der Waals surface area contributed by atoms with Gasteiger partial charge in [-0.05, 0) is 42.5 Å². The van der Waals surface area contributed by atoms with Gasteiger partial charge in [0.15, 0.2) is 23.2 Å². The molecule has 1 fully saturated rings. The number of hydrogen-bond acceptors (Lipinski definition) is 9. The minimum absolute atomic E-state index is 0.0516. The Kier molecular flexibility index (Phi) is 6.53. The van der Waals surface area contributed by atoms with Crippen LogP contribution in [0.25, 0.3) is 5.70 Å². The van der Waals surface area contributed by atoms with Crippen molar-refractivity contribution in [3.63, 3.8) is 0 Å². The monoisotopic (exact) mass is 507 g/mol. The molecular weight excluding hydrogens is 482 g/mol. The first kappa shape index (κ1) is 23.7. The standard InChI is InChI=1S/C25H26ClN7O3/c1-35-19-8-5-16(13-20(19)36-2)18-14-29-22-21(30-18)23(32-11-9-28-10-12-32)31-25(27)33(22)24(34)15-3-6-17(26)7-4-15/h3-8,13-14,28,30H,9-12H2,1-2H3,(H2,27,31). The average molecular weight is 508 g/mol. The van der Waals surface area contributed by atoms with Gasteiger partial charge in [0.05, 0.1) is 26.1 Å². The summed E-state index contributed by atoms with van der Waals surface area (Å²) in [5.74, 6) is 1.93. The normalized spacial score (nSPS) is 17.5. The van der Waals surface area contributed by atoms with Crippen molar-refractivity contribution >= 4 is 35.0 Å². The molecule has 4 N–H and O–H groups in total. The number of carbonyl (C=O) groups is 1. The molecule has 0 aliphatic carbocycles. The number of nitrogens with two attached hydrogens (primary N) is 1. The van der Waals surface area contributed by atoms with E-state index in [0.717, 1.165) is 37.4 Å². The van der Waals surface area contributed by atoms with E-state index in [1.54, 1.807) is 44.7 Å². The van der Waals surface area contributed by atoms with E-state index in [1.165, 1.54) is 4.90 Å². The number of ether oxygens (including phenoxy) is 2. The molecule has 0 atom stereocenters. The number of rotatable bonds is 5. The number of hydrogen-bond donors (Lipinski definition) is 3. The second kappa shape index (κ2) is 9.92. The summed E-state index contributed by atoms with van der Waals surface area (Å²) in [6.45, 7) is 3.10. The molecule has 10 nitrogen and oxygen atoms in total. The lowest BCUT2D eigenvalue weighted by Gasteiger charge is -2.37. The van der Waals surface area contributed by atoms with Gasteiger partial charge in [-0.3, -0.25) is 4.79 Å². The minimum atomic E-state index is -0.353. The van der Waals surface area contributed by atoms with Gasteiger partial charge in [0.2, 0.25) is 5.96 Å². The molecule has 0 aromatic heterocycles. The van der Waals surface area contributed by atoms with Crippen LogP contribution in [-0.2, 0) is 0 Å². The van der Waals surface area contributed by atoms with Crippen LogP contribution >= 0.6 is 11.6 Å². The molecule has 2 aromatic carbocycles. The summed E-state index contributed by atoms with van der Waals surface area (Å²) in [6, 6.07) is 12.2. The Balaban J connectivity index is 1.58. The van der Waals surface area contributed by atoms with Crippen LogP contribution in [0.5, 0.6) is 11.5 Å². The highest BCUT2D eigenvalue weighted by atomic mass is 35.5. The molecule has 3 aliphatic heterocycles. The van der Waals surface area contributed by atoms with E-state index in [1.807, 2.05) is 18.2 Å². The summed E-state index contributed by atoms with van der Waals surface area (Å²) in [7, 11) is 3.18. The van der Waals surface area contributed by atoms with Crippen molar-refractivity contribution < 1.29 is 14.3 Å². The first-order chi connectivity index (χ1) is 17.5. The summed E-state index contributed by atoms with van der Waals surface area (Å²) >= 11 is 6.01. The number of nitrogens with zero attached hydrogens (tertiary/aromatic N) is 4. The Bertz CT molecular complexity index is 1310. The van der Waals surface area contributed by atoms with Crippen molar-refractivity contribution in [2.45, 2.75) is 0 Å². The largest absolute Gasteiger partial charge is 0.493 e. The lowest BCUT2D eigenvalue weighted by atomic mass is 10.1. The fourth-order valence-corrected chi connectivity index (χ4v) is 4.37. The van der Waals surface area contributed by atoms with Crippen LogP contribution in [-0.4, -0.2) is 67.9 Å². The number of fused-ring (bicyclic) bond motifs is 1. The highest BCUT2D eigenvalue weighted by Crippen LogP contribution is 2.32. The van der Waals surface area contributed by atoms with E-state index < -0.39 is 0 Å². The molecular formula is C25H26ClN7O3. The van der Waals surface area contributed by atoms with Crippen molar-refractivity contribution in [2.24, 2.45) is 15.7 Å². The van der Waals surface area contributed by atoms with Gasteiger partial charge < -0.3 is 30.7 Å². The predicted octanol–water partition coefficient (Wildman–Crippen LogP) is 2.20. The summed E-state index contributed by atoms with van der Waals surface area (Å²) in [4.78, 5) is 26.3. The molecule has 0 unspecified atom stereocenters. The molecule has 1 saturated heterocycles. The molecule has 36 heavy (non-hydrogen) atoms. The van der Waals surface area contributed by atoms with Crippen molar-refractivity contribution in [2.75, 3.05) is 40.4 Å². The number of piperazine rings is 1. The van der Waals surface area contributed by atoms with Gasteiger partial charge in [0.1, 0.15) is 5.70 Å². The Labute approximate surface area is 213 Å². The smallest absolute Gasteiger partial charge is 0.266 e. The zero-order valence-corrected chi connectivity index (χ0v) is 20.7. The van der Waals surface area contributed by atoms with Crippen LogP contribution in [0.3, 0.4) is 0 Å². The van der Waals surface area contributed by atoms with E-state index in [0.29, 0.717) is 39.4 Å². The maximum atomic E-state index is 13.5. The van der Waals surface area contributed by atoms with Crippen LogP contribution in [0.15, 0.2) is 70.2 Å². The van der Waals surface area contributed by atoms with Gasteiger partial charge in [0.25, 0.3) is 5.91 Å². The fraction of sp³-hybridized carbons (Fsp3) is 0.240. The molecule has 186 valence electrons. The molecule has 3 heterocycles. The second-order valence-corrected chi connectivity index (χ2v) is 8.68. The second-order valence-electron chi connectivity index (χ2n) is 8.24. The lowest BCUT2D eigenvalue weighted by Crippen LogP contribution is -2.54. The zero-order chi connectivity index (χ0) is 25.2. The van der Waals surface area contributed by atoms with Gasteiger partial charge in [0, 0.05) is 42.3 Å². The van der Waals surface area contributed by atoms with E-state index in [4.69, 9.17) is 26.8 Å². The van der Waals surface area contributed by atoms with Crippen molar-refractivity contribution in [3.8, 4) is 11.5 Å². The summed E-state index contributed by atoms with van der Waals surface area (Å²) in [5, 5.41) is 7.32. The third kappa shape index (κ3) is 4.36. The van der Waals surface area contributed by atoms with Crippen LogP contribution in [0.4, 0.5) is 0 Å². The average Bonchev–Trinajstić information content (AvgIpc) is 2.92. The number of amides is 1. The Morgan fingerprint density at radius 2 is 1.78 bits per heavy atom. The fourth-order valence-electron chi connectivity index (χ4n) is 4.24. The summed E-state index contributed by atoms with van der Waals surface area (Å²) in [6.07, 6.45) is 1.66. The third-order valence-corrected chi connectivity index (χ3v) is 6.34. The molecule has 0 radical (unpaired) electrons. The third-order valence-electron chi connectivity index (χ3n) is 6.09. The van der Waals surface area contributed by atoms with Crippen LogP contribution < -0.4 is 25.8 Å². The summed E-state index contributed by atoms with van der Waals surface area (Å²) < 4.78 is 10.8. The topological polar surface area (TPSA) is 117 Å². The van der Waals surface area contributed by atoms with Gasteiger partial charge in [-0.1, -0.05) is 11.6 Å². The van der Waals surface area contributed by atoms with E-state index in [-0.39, 0.29) is 11.9 Å². The number of benzene rings is 2. The van der Waals surface area contributed by atoms with E-state index in [9.17, 15) is 4.79 Å². The highest BCUT2D eigenvalue weighted by molar-refractivity contribution is 6.31. The number of halogens is 1. The maximum Gasteiger partial charge on any atom is 0.266 e. The summed E-state index contributed by atoms with van der Waals surface area (Å²) in [5.41, 5.74) is 8.93. The molecule has 2 aromatic rings. The number of methoxy groups -OCH3 is 2. The molecule has 0 spiro atoms. The van der Waals surface area contributed by atoms with Crippen molar-refractivity contribution in [3.05, 3.63) is 76.3 Å². The number of aliphatic imine (C=N–C) groups is 2. The van der Waals surface area contributed by atoms with Crippen LogP contribution in [0.2, 0.25) is 5.02 Å². The van der Waals surface area contributed by atoms with Gasteiger partial charge in [-0.25, -0.2) is 9.89 Å². The number of carbonyl (C=O) groups excluding carboxylic acids is 1. The molecule has 11 heteroatoms. The number of guanidine groups is 1. The van der Waals surface area contributed by atoms with Gasteiger partial charge in [-0.2, -0.15) is 4.99 Å². The van der Waals surface area contributed by atoms with Crippen LogP contribution in [0.1, 0.15) is 15.9 Å². The lowest BCUT2D eigenvalue weighted by molar-refractivity contribution is 0.0901. The zero-order valence-electron chi connectivity index (χ0n) is 19.9.